The van der Waals surface area contributed by atoms with E-state index < -0.39 is 0 Å². The minimum Gasteiger partial charge on any atom is -0.347 e. The van der Waals surface area contributed by atoms with Gasteiger partial charge in [-0.05, 0) is 48.6 Å². The van der Waals surface area contributed by atoms with E-state index in [0.717, 1.165) is 16.0 Å². The number of carbonyl (C=O) groups excluding carboxylic acids is 2. The van der Waals surface area contributed by atoms with Crippen molar-refractivity contribution in [3.05, 3.63) is 75.4 Å². The van der Waals surface area contributed by atoms with E-state index in [9.17, 15) is 9.59 Å². The predicted octanol–water partition coefficient (Wildman–Crippen LogP) is 3.37. The monoisotopic (exact) mass is 450 g/mol. The fourth-order valence-electron chi connectivity index (χ4n) is 3.33. The number of aromatic nitrogens is 3. The van der Waals surface area contributed by atoms with Gasteiger partial charge in [0, 0.05) is 22.3 Å². The third kappa shape index (κ3) is 4.32. The number of carbonyl (C=O) groups is 2. The molecule has 164 valence electrons. The summed E-state index contributed by atoms with van der Waals surface area (Å²) in [5.74, 6) is -0.00378. The number of hydroxylamine groups is 1. The highest BCUT2D eigenvalue weighted by molar-refractivity contribution is 7.09. The van der Waals surface area contributed by atoms with E-state index in [1.54, 1.807) is 34.2 Å². The zero-order valence-corrected chi connectivity index (χ0v) is 18.6. The SMILES string of the molecule is CONC(=O)c1ccc(C)c(Nc2ncnn3cc(C(=O)NCc4cccs4)c(C)c23)c1. The van der Waals surface area contributed by atoms with Gasteiger partial charge in [0.15, 0.2) is 5.82 Å². The molecule has 10 heteroatoms. The normalized spacial score (nSPS) is 10.8. The first-order chi connectivity index (χ1) is 15.5. The second-order valence-corrected chi connectivity index (χ2v) is 8.15. The van der Waals surface area contributed by atoms with Crippen LogP contribution in [-0.2, 0) is 11.4 Å². The number of nitrogens with zero attached hydrogens (tertiary/aromatic N) is 3. The molecule has 0 spiro atoms. The lowest BCUT2D eigenvalue weighted by molar-refractivity contribution is 0.0537. The van der Waals surface area contributed by atoms with E-state index in [2.05, 4.69) is 26.2 Å². The summed E-state index contributed by atoms with van der Waals surface area (Å²) in [6, 6.07) is 9.19. The fourth-order valence-corrected chi connectivity index (χ4v) is 3.98. The van der Waals surface area contributed by atoms with Crippen molar-refractivity contribution < 1.29 is 14.4 Å². The molecule has 0 aliphatic rings. The molecule has 3 aromatic heterocycles. The molecule has 0 aliphatic carbocycles. The van der Waals surface area contributed by atoms with E-state index in [-0.39, 0.29) is 11.8 Å². The lowest BCUT2D eigenvalue weighted by Gasteiger charge is -2.12. The first-order valence-electron chi connectivity index (χ1n) is 9.82. The standard InChI is InChI=1S/C22H22N6O3S/c1-13-6-7-15(21(29)27-31-3)9-18(13)26-20-19-14(2)17(11-28(19)25-12-24-20)22(30)23-10-16-5-4-8-32-16/h4-9,11-12H,10H2,1-3H3,(H,23,30)(H,27,29)(H,24,25,26). The van der Waals surface area contributed by atoms with Gasteiger partial charge in [-0.3, -0.25) is 14.4 Å². The quantitative estimate of drug-likeness (QED) is 0.373. The molecule has 0 aliphatic heterocycles. The Morgan fingerprint density at radius 3 is 2.78 bits per heavy atom. The van der Waals surface area contributed by atoms with Crippen LogP contribution >= 0.6 is 11.3 Å². The Morgan fingerprint density at radius 1 is 1.19 bits per heavy atom. The number of nitrogens with one attached hydrogen (secondary N) is 3. The van der Waals surface area contributed by atoms with Crippen molar-refractivity contribution in [2.24, 2.45) is 0 Å². The summed E-state index contributed by atoms with van der Waals surface area (Å²) in [5.41, 5.74) is 6.33. The summed E-state index contributed by atoms with van der Waals surface area (Å²) < 4.78 is 1.63. The molecule has 0 atom stereocenters. The third-order valence-corrected chi connectivity index (χ3v) is 5.90. The molecule has 0 saturated heterocycles. The zero-order chi connectivity index (χ0) is 22.7. The Labute approximate surface area is 188 Å². The number of fused-ring (bicyclic) bond motifs is 1. The molecule has 4 aromatic rings. The van der Waals surface area contributed by atoms with Crippen LogP contribution in [0.15, 0.2) is 48.2 Å². The molecule has 0 unspecified atom stereocenters. The van der Waals surface area contributed by atoms with Crippen molar-refractivity contribution in [2.75, 3.05) is 12.4 Å². The molecule has 2 amide bonds. The zero-order valence-electron chi connectivity index (χ0n) is 17.8. The lowest BCUT2D eigenvalue weighted by atomic mass is 10.1. The Balaban J connectivity index is 1.64. The predicted molar refractivity (Wildman–Crippen MR) is 122 cm³/mol. The van der Waals surface area contributed by atoms with Gasteiger partial charge in [-0.1, -0.05) is 12.1 Å². The number of hydrogen-bond acceptors (Lipinski definition) is 7. The largest absolute Gasteiger partial charge is 0.347 e. The summed E-state index contributed by atoms with van der Waals surface area (Å²) in [7, 11) is 1.38. The molecule has 3 N–H and O–H groups in total. The minimum absolute atomic E-state index is 0.179. The van der Waals surface area contributed by atoms with Gasteiger partial charge in [0.1, 0.15) is 11.8 Å². The van der Waals surface area contributed by atoms with Crippen LogP contribution < -0.4 is 16.1 Å². The Bertz CT molecular complexity index is 1280. The summed E-state index contributed by atoms with van der Waals surface area (Å²) >= 11 is 1.59. The van der Waals surface area contributed by atoms with E-state index in [1.807, 2.05) is 37.4 Å². The van der Waals surface area contributed by atoms with Crippen molar-refractivity contribution in [1.82, 2.24) is 25.4 Å². The topological polar surface area (TPSA) is 110 Å². The third-order valence-electron chi connectivity index (χ3n) is 5.02. The average Bonchev–Trinajstić information content (AvgIpc) is 3.42. The summed E-state index contributed by atoms with van der Waals surface area (Å²) in [5, 5.41) is 12.5. The molecule has 0 fully saturated rings. The maximum Gasteiger partial charge on any atom is 0.274 e. The maximum atomic E-state index is 12.8. The van der Waals surface area contributed by atoms with Gasteiger partial charge in [-0.15, -0.1) is 11.3 Å². The number of rotatable bonds is 7. The smallest absolute Gasteiger partial charge is 0.274 e. The molecule has 32 heavy (non-hydrogen) atoms. The first-order valence-corrected chi connectivity index (χ1v) is 10.7. The van der Waals surface area contributed by atoms with Crippen LogP contribution in [-0.4, -0.2) is 33.5 Å². The van der Waals surface area contributed by atoms with E-state index in [1.165, 1.54) is 13.4 Å². The Kier molecular flexibility index (Phi) is 6.15. The summed E-state index contributed by atoms with van der Waals surface area (Å²) in [6.07, 6.45) is 3.11. The maximum absolute atomic E-state index is 12.8. The average molecular weight is 451 g/mol. The second-order valence-electron chi connectivity index (χ2n) is 7.12. The van der Waals surface area contributed by atoms with Crippen LogP contribution in [0.1, 0.15) is 36.7 Å². The second kappa shape index (κ2) is 9.16. The highest BCUT2D eigenvalue weighted by Crippen LogP contribution is 2.27. The molecule has 1 aromatic carbocycles. The van der Waals surface area contributed by atoms with Gasteiger partial charge in [0.2, 0.25) is 0 Å². The van der Waals surface area contributed by atoms with Crippen molar-refractivity contribution in [3.63, 3.8) is 0 Å². The van der Waals surface area contributed by atoms with Gasteiger partial charge in [0.25, 0.3) is 11.8 Å². The lowest BCUT2D eigenvalue weighted by Crippen LogP contribution is -2.22. The first kappa shape index (κ1) is 21.5. The van der Waals surface area contributed by atoms with Crippen LogP contribution in [0.2, 0.25) is 0 Å². The highest BCUT2D eigenvalue weighted by Gasteiger charge is 2.18. The molecule has 0 radical (unpaired) electrons. The molecule has 0 bridgehead atoms. The van der Waals surface area contributed by atoms with Crippen LogP contribution in [0.5, 0.6) is 0 Å². The number of anilines is 2. The molecular weight excluding hydrogens is 428 g/mol. The number of thiophene rings is 1. The minimum atomic E-state index is -0.355. The number of benzene rings is 1. The van der Waals surface area contributed by atoms with Crippen LogP contribution in [0.3, 0.4) is 0 Å². The van der Waals surface area contributed by atoms with Crippen molar-refractivity contribution in [2.45, 2.75) is 20.4 Å². The number of hydrogen-bond donors (Lipinski definition) is 3. The van der Waals surface area contributed by atoms with Gasteiger partial charge < -0.3 is 10.6 Å². The number of amides is 2. The van der Waals surface area contributed by atoms with E-state index >= 15 is 0 Å². The highest BCUT2D eigenvalue weighted by atomic mass is 32.1. The fraction of sp³-hybridized carbons (Fsp3) is 0.182. The summed E-state index contributed by atoms with van der Waals surface area (Å²) in [4.78, 5) is 35.1. The van der Waals surface area contributed by atoms with Gasteiger partial charge in [0.05, 0.1) is 19.2 Å². The Morgan fingerprint density at radius 2 is 2.03 bits per heavy atom. The van der Waals surface area contributed by atoms with Crippen LogP contribution in [0, 0.1) is 13.8 Å². The van der Waals surface area contributed by atoms with E-state index in [4.69, 9.17) is 4.84 Å². The van der Waals surface area contributed by atoms with Crippen LogP contribution in [0.4, 0.5) is 11.5 Å². The number of aryl methyl sites for hydroxylation is 2. The van der Waals surface area contributed by atoms with Crippen molar-refractivity contribution >= 4 is 40.2 Å². The van der Waals surface area contributed by atoms with Crippen molar-refractivity contribution in [1.29, 1.82) is 0 Å². The molecule has 4 rings (SSSR count). The summed E-state index contributed by atoms with van der Waals surface area (Å²) in [6.45, 7) is 4.25. The Hall–Kier alpha value is -3.76. The molecule has 9 nitrogen and oxygen atoms in total. The van der Waals surface area contributed by atoms with Gasteiger partial charge >= 0.3 is 0 Å². The van der Waals surface area contributed by atoms with E-state index in [0.29, 0.717) is 34.7 Å². The molecular formula is C22H22N6O3S. The molecule has 0 saturated carbocycles. The van der Waals surface area contributed by atoms with Gasteiger partial charge in [-0.25, -0.2) is 15.0 Å². The van der Waals surface area contributed by atoms with Crippen LogP contribution in [0.25, 0.3) is 5.52 Å². The molecule has 3 heterocycles. The van der Waals surface area contributed by atoms with Gasteiger partial charge in [-0.2, -0.15) is 5.10 Å². The van der Waals surface area contributed by atoms with Crippen molar-refractivity contribution in [3.8, 4) is 0 Å².